The van der Waals surface area contributed by atoms with E-state index in [0.29, 0.717) is 12.6 Å². The molecule has 2 unspecified atom stereocenters. The highest BCUT2D eigenvalue weighted by molar-refractivity contribution is 5.90. The van der Waals surface area contributed by atoms with Gasteiger partial charge in [0.1, 0.15) is 18.1 Å². The van der Waals surface area contributed by atoms with Gasteiger partial charge in [0.25, 0.3) is 0 Å². The number of carbonyl (C=O) groups is 1. The third kappa shape index (κ3) is 4.72. The van der Waals surface area contributed by atoms with Crippen LogP contribution in [0.1, 0.15) is 58.6 Å². The normalized spacial score (nSPS) is 19.8. The Morgan fingerprint density at radius 2 is 2.05 bits per heavy atom. The van der Waals surface area contributed by atoms with Crippen LogP contribution in [-0.4, -0.2) is 51.6 Å². The van der Waals surface area contributed by atoms with Crippen molar-refractivity contribution in [3.8, 4) is 28.7 Å². The Morgan fingerprint density at radius 1 is 1.17 bits per heavy atom. The van der Waals surface area contributed by atoms with Crippen LogP contribution in [-0.2, 0) is 24.3 Å². The smallest absolute Gasteiger partial charge is 0.345 e. The molecule has 4 aromatic rings. The van der Waals surface area contributed by atoms with Crippen molar-refractivity contribution in [2.45, 2.75) is 58.5 Å². The summed E-state index contributed by atoms with van der Waals surface area (Å²) in [6.07, 6.45) is 4.29. The number of nitrogens with zero attached hydrogens (tertiary/aromatic N) is 4. The van der Waals surface area contributed by atoms with Gasteiger partial charge < -0.3 is 19.3 Å². The number of fused-ring (bicyclic) bond motifs is 4. The van der Waals surface area contributed by atoms with Crippen molar-refractivity contribution in [1.29, 1.82) is 0 Å². The molecule has 2 atom stereocenters. The van der Waals surface area contributed by atoms with Crippen LogP contribution in [0.3, 0.4) is 0 Å². The standard InChI is InChI=1S/C33H34N4O5/c1-21-6-3-8-27(29-9-4-10-30-36(29)22(2)42-32-28(33(38)39)17-34-37(30)32)31(21)41-19-23-11-12-25-18-35(14-13-24(25)16-23)26-7-5-15-40-20-26/h3-4,6,8-12,16-17,22,26H,5,7,13-15,18-20H2,1-2H3/p+1. The van der Waals surface area contributed by atoms with Crippen molar-refractivity contribution in [1.82, 2.24) is 14.7 Å². The van der Waals surface area contributed by atoms with Crippen LogP contribution in [0.4, 0.5) is 0 Å². The van der Waals surface area contributed by atoms with Crippen molar-refractivity contribution in [2.75, 3.05) is 19.8 Å². The summed E-state index contributed by atoms with van der Waals surface area (Å²) < 4.78 is 21.9. The van der Waals surface area contributed by atoms with E-state index in [-0.39, 0.29) is 11.4 Å². The van der Waals surface area contributed by atoms with Crippen molar-refractivity contribution < 1.29 is 28.7 Å². The lowest BCUT2D eigenvalue weighted by Crippen LogP contribution is -2.50. The maximum atomic E-state index is 11.7. The number of aryl methyl sites for hydroxylation is 1. The molecule has 0 amide bonds. The molecule has 0 radical (unpaired) electrons. The fourth-order valence-corrected chi connectivity index (χ4v) is 6.50. The molecule has 1 saturated heterocycles. The van der Waals surface area contributed by atoms with Gasteiger partial charge in [-0.25, -0.2) is 4.79 Å². The fraction of sp³-hybridized carbons (Fsp3) is 0.364. The van der Waals surface area contributed by atoms with Crippen LogP contribution in [0.2, 0.25) is 0 Å². The van der Waals surface area contributed by atoms with E-state index in [1.165, 1.54) is 23.7 Å². The van der Waals surface area contributed by atoms with Gasteiger partial charge >= 0.3 is 17.7 Å². The summed E-state index contributed by atoms with van der Waals surface area (Å²) in [4.78, 5) is 14.3. The second kappa shape index (κ2) is 10.9. The highest BCUT2D eigenvalue weighted by atomic mass is 16.5. The SMILES string of the molecule is Cc1cccc(-c2cccc3[n+]2C(C)Oc2c(C(=O)O)cnn2-3)c1OCc1ccc2c(c1)CCN(C1CCCOC1)C2. The monoisotopic (exact) mass is 567 g/mol. The topological polar surface area (TPSA) is 89.9 Å². The maximum absolute atomic E-state index is 11.7. The van der Waals surface area contributed by atoms with E-state index in [4.69, 9.17) is 14.2 Å². The summed E-state index contributed by atoms with van der Waals surface area (Å²) in [5.41, 5.74) is 6.86. The van der Waals surface area contributed by atoms with Crippen LogP contribution in [0, 0.1) is 6.92 Å². The molecule has 216 valence electrons. The van der Waals surface area contributed by atoms with Crippen LogP contribution in [0.15, 0.2) is 60.8 Å². The lowest BCUT2D eigenvalue weighted by atomic mass is 9.95. The Morgan fingerprint density at radius 3 is 2.88 bits per heavy atom. The van der Waals surface area contributed by atoms with Crippen molar-refractivity contribution in [3.05, 3.63) is 88.6 Å². The summed E-state index contributed by atoms with van der Waals surface area (Å²) in [6, 6.07) is 19.3. The van der Waals surface area contributed by atoms with E-state index in [2.05, 4.69) is 47.3 Å². The molecule has 0 aliphatic carbocycles. The van der Waals surface area contributed by atoms with Crippen LogP contribution >= 0.6 is 0 Å². The third-order valence-electron chi connectivity index (χ3n) is 8.66. The number of hydrogen-bond acceptors (Lipinski definition) is 6. The van der Waals surface area contributed by atoms with Crippen LogP contribution in [0.25, 0.3) is 17.1 Å². The van der Waals surface area contributed by atoms with Crippen LogP contribution < -0.4 is 14.0 Å². The molecule has 9 nitrogen and oxygen atoms in total. The quantitative estimate of drug-likeness (QED) is 0.333. The molecule has 2 aromatic heterocycles. The number of rotatable bonds is 6. The van der Waals surface area contributed by atoms with Gasteiger partial charge in [0.15, 0.2) is 5.56 Å². The molecule has 0 bridgehead atoms. The Labute approximate surface area is 244 Å². The Kier molecular flexibility index (Phi) is 6.91. The van der Waals surface area contributed by atoms with Gasteiger partial charge in [0.05, 0.1) is 18.4 Å². The first-order valence-corrected chi connectivity index (χ1v) is 14.7. The summed E-state index contributed by atoms with van der Waals surface area (Å²) in [6.45, 7) is 8.21. The number of pyridine rings is 1. The first-order valence-electron chi connectivity index (χ1n) is 14.7. The first kappa shape index (κ1) is 26.7. The Balaban J connectivity index is 1.16. The highest BCUT2D eigenvalue weighted by Crippen LogP contribution is 2.36. The maximum Gasteiger partial charge on any atom is 0.345 e. The van der Waals surface area contributed by atoms with Crippen molar-refractivity contribution in [3.63, 3.8) is 0 Å². The van der Waals surface area contributed by atoms with Crippen molar-refractivity contribution >= 4 is 5.97 Å². The zero-order valence-electron chi connectivity index (χ0n) is 24.0. The molecule has 7 rings (SSSR count). The summed E-state index contributed by atoms with van der Waals surface area (Å²) in [7, 11) is 0. The number of para-hydroxylation sites is 1. The predicted molar refractivity (Wildman–Crippen MR) is 155 cm³/mol. The van der Waals surface area contributed by atoms with Gasteiger partial charge in [0.2, 0.25) is 6.23 Å². The van der Waals surface area contributed by atoms with Gasteiger partial charge in [0, 0.05) is 38.7 Å². The minimum absolute atomic E-state index is 0.0406. The lowest BCUT2D eigenvalue weighted by Gasteiger charge is -2.37. The summed E-state index contributed by atoms with van der Waals surface area (Å²) in [5.74, 6) is 0.699. The Hall–Kier alpha value is -4.21. The lowest BCUT2D eigenvalue weighted by molar-refractivity contribution is -0.740. The molecule has 3 aliphatic rings. The van der Waals surface area contributed by atoms with Gasteiger partial charge in [-0.1, -0.05) is 40.1 Å². The number of benzene rings is 2. The third-order valence-corrected chi connectivity index (χ3v) is 8.66. The molecule has 1 N–H and O–H groups in total. The van der Waals surface area contributed by atoms with E-state index in [9.17, 15) is 9.90 Å². The minimum Gasteiger partial charge on any atom is -0.488 e. The number of ether oxygens (including phenoxy) is 3. The van der Waals surface area contributed by atoms with Crippen molar-refractivity contribution in [2.24, 2.45) is 0 Å². The number of hydrogen-bond donors (Lipinski definition) is 1. The Bertz CT molecular complexity index is 1660. The van der Waals surface area contributed by atoms with Gasteiger partial charge in [-0.15, -0.1) is 0 Å². The van der Waals surface area contributed by atoms with Gasteiger partial charge in [-0.05, 0) is 66.6 Å². The van der Waals surface area contributed by atoms with E-state index in [0.717, 1.165) is 73.1 Å². The zero-order valence-corrected chi connectivity index (χ0v) is 24.0. The number of carboxylic acids is 1. The van der Waals surface area contributed by atoms with E-state index in [1.54, 1.807) is 4.68 Å². The molecule has 42 heavy (non-hydrogen) atoms. The fourth-order valence-electron chi connectivity index (χ4n) is 6.50. The van der Waals surface area contributed by atoms with E-state index < -0.39 is 12.2 Å². The molecular weight excluding hydrogens is 532 g/mol. The van der Waals surface area contributed by atoms with Gasteiger partial charge in [-0.2, -0.15) is 4.57 Å². The first-order chi connectivity index (χ1) is 20.5. The minimum atomic E-state index is -1.07. The largest absolute Gasteiger partial charge is 0.488 e. The average molecular weight is 568 g/mol. The summed E-state index contributed by atoms with van der Waals surface area (Å²) >= 11 is 0. The molecule has 3 aliphatic heterocycles. The average Bonchev–Trinajstić information content (AvgIpc) is 3.44. The predicted octanol–water partition coefficient (Wildman–Crippen LogP) is 4.86. The number of carboxylic acid groups (broad SMARTS) is 1. The molecular formula is C33H35N4O5+. The van der Waals surface area contributed by atoms with Gasteiger partial charge in [-0.3, -0.25) is 4.90 Å². The molecule has 5 heterocycles. The molecule has 1 fully saturated rings. The van der Waals surface area contributed by atoms with E-state index >= 15 is 0 Å². The number of aromatic nitrogens is 3. The molecule has 0 spiro atoms. The molecule has 2 aromatic carbocycles. The number of aromatic carboxylic acids is 1. The second-order valence-electron chi connectivity index (χ2n) is 11.4. The van der Waals surface area contributed by atoms with E-state index in [1.807, 2.05) is 35.8 Å². The zero-order chi connectivity index (χ0) is 28.8. The summed E-state index contributed by atoms with van der Waals surface area (Å²) in [5, 5.41) is 13.9. The second-order valence-corrected chi connectivity index (χ2v) is 11.4. The molecule has 0 saturated carbocycles. The molecule has 9 heteroatoms. The van der Waals surface area contributed by atoms with Crippen LogP contribution in [0.5, 0.6) is 11.6 Å². The highest BCUT2D eigenvalue weighted by Gasteiger charge is 2.38.